The number of carbonyl (C=O) groups excluding carboxylic acids is 2. The van der Waals surface area contributed by atoms with Crippen molar-refractivity contribution in [3.8, 4) is 11.5 Å². The van der Waals surface area contributed by atoms with Crippen molar-refractivity contribution in [1.82, 2.24) is 5.32 Å². The third-order valence-corrected chi connectivity index (χ3v) is 4.93. The summed E-state index contributed by atoms with van der Waals surface area (Å²) in [7, 11) is 4.49. The quantitative estimate of drug-likeness (QED) is 0.836. The van der Waals surface area contributed by atoms with Crippen molar-refractivity contribution in [2.75, 3.05) is 21.3 Å². The van der Waals surface area contributed by atoms with Crippen LogP contribution in [0.4, 0.5) is 0 Å². The van der Waals surface area contributed by atoms with Gasteiger partial charge in [0, 0.05) is 29.0 Å². The van der Waals surface area contributed by atoms with E-state index in [0.717, 1.165) is 24.1 Å². The fourth-order valence-electron chi connectivity index (χ4n) is 3.74. The Morgan fingerprint density at radius 1 is 1.15 bits per heavy atom. The van der Waals surface area contributed by atoms with E-state index >= 15 is 0 Å². The van der Waals surface area contributed by atoms with Gasteiger partial charge < -0.3 is 19.5 Å². The summed E-state index contributed by atoms with van der Waals surface area (Å²) < 4.78 is 15.9. The molecule has 26 heavy (non-hydrogen) atoms. The molecule has 1 aromatic rings. The molecule has 0 fully saturated rings. The Balaban J connectivity index is 2.27. The Morgan fingerprint density at radius 2 is 1.92 bits per heavy atom. The summed E-state index contributed by atoms with van der Waals surface area (Å²) in [4.78, 5) is 25.4. The molecule has 1 atom stereocenters. The van der Waals surface area contributed by atoms with Gasteiger partial charge in [0.2, 0.25) is 0 Å². The lowest BCUT2D eigenvalue weighted by Gasteiger charge is -2.34. The van der Waals surface area contributed by atoms with Gasteiger partial charge in [-0.1, -0.05) is 0 Å². The van der Waals surface area contributed by atoms with E-state index in [1.165, 1.54) is 7.11 Å². The van der Waals surface area contributed by atoms with Crippen molar-refractivity contribution in [3.63, 3.8) is 0 Å². The van der Waals surface area contributed by atoms with Crippen LogP contribution in [0.3, 0.4) is 0 Å². The van der Waals surface area contributed by atoms with Crippen molar-refractivity contribution in [2.45, 2.75) is 32.1 Å². The highest BCUT2D eigenvalue weighted by atomic mass is 16.5. The van der Waals surface area contributed by atoms with Gasteiger partial charge in [0.1, 0.15) is 11.5 Å². The van der Waals surface area contributed by atoms with Crippen molar-refractivity contribution in [2.24, 2.45) is 0 Å². The van der Waals surface area contributed by atoms with Crippen LogP contribution in [0, 0.1) is 0 Å². The molecule has 1 aromatic carbocycles. The molecule has 0 radical (unpaired) electrons. The number of nitrogens with one attached hydrogen (secondary N) is 1. The third-order valence-electron chi connectivity index (χ3n) is 4.93. The number of benzene rings is 1. The molecule has 0 aromatic heterocycles. The lowest BCUT2D eigenvalue weighted by atomic mass is 9.75. The maximum absolute atomic E-state index is 12.8. The highest BCUT2D eigenvalue weighted by molar-refractivity contribution is 6.04. The highest BCUT2D eigenvalue weighted by Gasteiger charge is 2.40. The largest absolute Gasteiger partial charge is 0.497 e. The predicted molar refractivity (Wildman–Crippen MR) is 96.0 cm³/mol. The van der Waals surface area contributed by atoms with Crippen LogP contribution in [0.5, 0.6) is 11.5 Å². The van der Waals surface area contributed by atoms with Crippen LogP contribution in [0.15, 0.2) is 40.7 Å². The fraction of sp³-hybridized carbons (Fsp3) is 0.400. The number of dihydropyridines is 1. The van der Waals surface area contributed by atoms with Gasteiger partial charge in [0.05, 0.1) is 32.8 Å². The number of carbonyl (C=O) groups is 2. The normalized spacial score (nSPS) is 19.7. The number of methoxy groups -OCH3 is 3. The smallest absolute Gasteiger partial charge is 0.336 e. The van der Waals surface area contributed by atoms with Gasteiger partial charge in [-0.2, -0.15) is 0 Å². The van der Waals surface area contributed by atoms with Crippen LogP contribution < -0.4 is 14.8 Å². The van der Waals surface area contributed by atoms with Crippen LogP contribution in [0.25, 0.3) is 0 Å². The summed E-state index contributed by atoms with van der Waals surface area (Å²) in [5.41, 5.74) is 3.33. The summed E-state index contributed by atoms with van der Waals surface area (Å²) >= 11 is 0. The first kappa shape index (κ1) is 18.0. The average molecular weight is 357 g/mol. The maximum atomic E-state index is 12.8. The van der Waals surface area contributed by atoms with Gasteiger partial charge in [-0.25, -0.2) is 4.79 Å². The van der Waals surface area contributed by atoms with E-state index in [4.69, 9.17) is 14.2 Å². The molecule has 138 valence electrons. The summed E-state index contributed by atoms with van der Waals surface area (Å²) in [6, 6.07) is 5.39. The molecule has 6 nitrogen and oxygen atoms in total. The van der Waals surface area contributed by atoms with Crippen LogP contribution in [0.2, 0.25) is 0 Å². The van der Waals surface area contributed by atoms with Gasteiger partial charge in [0.25, 0.3) is 0 Å². The fourth-order valence-corrected chi connectivity index (χ4v) is 3.74. The monoisotopic (exact) mass is 357 g/mol. The predicted octanol–water partition coefficient (Wildman–Crippen LogP) is 2.84. The molecule has 0 bridgehead atoms. The first-order valence-corrected chi connectivity index (χ1v) is 8.56. The summed E-state index contributed by atoms with van der Waals surface area (Å²) in [5, 5.41) is 3.25. The third kappa shape index (κ3) is 2.96. The molecule has 6 heteroatoms. The van der Waals surface area contributed by atoms with Crippen LogP contribution in [-0.2, 0) is 14.3 Å². The lowest BCUT2D eigenvalue weighted by Crippen LogP contribution is -2.34. The summed E-state index contributed by atoms with van der Waals surface area (Å²) in [6.07, 6.45) is 2.04. The molecular formula is C20H23NO5. The second-order valence-electron chi connectivity index (χ2n) is 6.37. The van der Waals surface area contributed by atoms with E-state index in [9.17, 15) is 9.59 Å². The maximum Gasteiger partial charge on any atom is 0.336 e. The number of Topliss-reactive ketones (excluding diaryl/α,β-unsaturated/α-hetero) is 1. The molecule has 0 unspecified atom stereocenters. The number of rotatable bonds is 4. The number of hydrogen-bond donors (Lipinski definition) is 1. The minimum Gasteiger partial charge on any atom is -0.497 e. The zero-order valence-corrected chi connectivity index (χ0v) is 15.5. The minimum atomic E-state index is -0.545. The van der Waals surface area contributed by atoms with Crippen LogP contribution in [-0.4, -0.2) is 33.1 Å². The second-order valence-corrected chi connectivity index (χ2v) is 6.37. The Hall–Kier alpha value is -2.76. The molecule has 0 saturated carbocycles. The first-order chi connectivity index (χ1) is 12.5. The molecule has 1 N–H and O–H groups in total. The van der Waals surface area contributed by atoms with E-state index in [0.29, 0.717) is 34.8 Å². The van der Waals surface area contributed by atoms with Crippen molar-refractivity contribution >= 4 is 11.8 Å². The Labute approximate surface area is 152 Å². The van der Waals surface area contributed by atoms with E-state index in [1.807, 2.05) is 13.0 Å². The number of ketones is 1. The molecule has 1 aliphatic heterocycles. The van der Waals surface area contributed by atoms with Gasteiger partial charge in [-0.3, -0.25) is 4.79 Å². The SMILES string of the molecule is COC(=O)C1=C(C)NC2=C(C(=O)CCC2)[C@H]1c1cc(OC)ccc1OC. The minimum absolute atomic E-state index is 0.0440. The highest BCUT2D eigenvalue weighted by Crippen LogP contribution is 2.46. The van der Waals surface area contributed by atoms with Gasteiger partial charge in [-0.05, 0) is 38.0 Å². The van der Waals surface area contributed by atoms with Crippen LogP contribution >= 0.6 is 0 Å². The Kier molecular flexibility index (Phi) is 5.02. The Morgan fingerprint density at radius 3 is 2.58 bits per heavy atom. The molecule has 1 aliphatic carbocycles. The van der Waals surface area contributed by atoms with Gasteiger partial charge in [0.15, 0.2) is 5.78 Å². The summed E-state index contributed by atoms with van der Waals surface area (Å²) in [6.45, 7) is 1.83. The van der Waals surface area contributed by atoms with E-state index in [2.05, 4.69) is 5.32 Å². The first-order valence-electron chi connectivity index (χ1n) is 8.56. The number of ether oxygens (including phenoxy) is 3. The average Bonchev–Trinajstić information content (AvgIpc) is 2.66. The molecule has 0 saturated heterocycles. The molecule has 0 amide bonds. The Bertz CT molecular complexity index is 821. The van der Waals surface area contributed by atoms with Gasteiger partial charge in [-0.15, -0.1) is 0 Å². The number of hydrogen-bond acceptors (Lipinski definition) is 6. The lowest BCUT2D eigenvalue weighted by molar-refractivity contribution is -0.136. The van der Waals surface area contributed by atoms with Crippen LogP contribution in [0.1, 0.15) is 37.7 Å². The molecular weight excluding hydrogens is 334 g/mol. The van der Waals surface area contributed by atoms with Crippen molar-refractivity contribution in [3.05, 3.63) is 46.3 Å². The topological polar surface area (TPSA) is 73.9 Å². The standard InChI is InChI=1S/C20H23NO5/c1-11-17(20(23)26-4)18(19-14(21-11)6-5-7-15(19)22)13-10-12(24-2)8-9-16(13)25-3/h8-10,18,21H,5-7H2,1-4H3/t18-/m0/s1. The van der Waals surface area contributed by atoms with E-state index < -0.39 is 11.9 Å². The zero-order chi connectivity index (χ0) is 18.8. The van der Waals surface area contributed by atoms with Gasteiger partial charge >= 0.3 is 5.97 Å². The van der Waals surface area contributed by atoms with E-state index in [-0.39, 0.29) is 5.78 Å². The van der Waals surface area contributed by atoms with Crippen molar-refractivity contribution in [1.29, 1.82) is 0 Å². The van der Waals surface area contributed by atoms with E-state index in [1.54, 1.807) is 26.4 Å². The molecule has 2 aliphatic rings. The van der Waals surface area contributed by atoms with Crippen molar-refractivity contribution < 1.29 is 23.8 Å². The number of esters is 1. The zero-order valence-electron chi connectivity index (χ0n) is 15.5. The molecule has 1 heterocycles. The number of allylic oxidation sites excluding steroid dienone is 3. The second kappa shape index (κ2) is 7.23. The summed E-state index contributed by atoms with van der Waals surface area (Å²) in [5.74, 6) is 0.262. The molecule has 3 rings (SSSR count). The molecule has 0 spiro atoms.